The van der Waals surface area contributed by atoms with Crippen molar-refractivity contribution in [2.75, 3.05) is 17.8 Å². The zero-order chi connectivity index (χ0) is 23.1. The molecular weight excluding hydrogens is 446 g/mol. The molecule has 2 aromatic heterocycles. The van der Waals surface area contributed by atoms with E-state index in [0.29, 0.717) is 32.6 Å². The van der Waals surface area contributed by atoms with Crippen LogP contribution in [-0.2, 0) is 0 Å². The third-order valence-electron chi connectivity index (χ3n) is 5.69. The summed E-state index contributed by atoms with van der Waals surface area (Å²) < 4.78 is 11.1. The number of para-hydroxylation sites is 1. The Hall–Kier alpha value is -4.36. The molecule has 0 bridgehead atoms. The van der Waals surface area contributed by atoms with E-state index in [4.69, 9.17) is 20.2 Å². The lowest BCUT2D eigenvalue weighted by Gasteiger charge is -2.10. The largest absolute Gasteiger partial charge is 0.454 e. The summed E-state index contributed by atoms with van der Waals surface area (Å²) in [6, 6.07) is 27.1. The molecule has 6 rings (SSSR count). The monoisotopic (exact) mass is 465 g/mol. The first-order valence-electron chi connectivity index (χ1n) is 10.7. The molecule has 3 N–H and O–H groups in total. The van der Waals surface area contributed by atoms with Crippen LogP contribution < -0.4 is 20.5 Å². The average molecular weight is 466 g/mol. The van der Waals surface area contributed by atoms with Crippen molar-refractivity contribution in [1.29, 1.82) is 0 Å². The van der Waals surface area contributed by atoms with Crippen LogP contribution in [0.25, 0.3) is 32.6 Å². The Labute approximate surface area is 199 Å². The fraction of sp³-hybridized carbons (Fsp3) is 0.0370. The molecule has 34 heavy (non-hydrogen) atoms. The highest BCUT2D eigenvalue weighted by atomic mass is 32.1. The van der Waals surface area contributed by atoms with Crippen LogP contribution >= 0.6 is 11.3 Å². The molecule has 0 spiro atoms. The van der Waals surface area contributed by atoms with Crippen molar-refractivity contribution >= 4 is 38.8 Å². The first-order chi connectivity index (χ1) is 16.7. The van der Waals surface area contributed by atoms with Crippen LogP contribution in [0.5, 0.6) is 11.5 Å². The van der Waals surface area contributed by atoms with E-state index in [2.05, 4.69) is 5.32 Å². The van der Waals surface area contributed by atoms with Gasteiger partial charge in [0.15, 0.2) is 11.5 Å². The Bertz CT molecular complexity index is 1530. The molecule has 7 heteroatoms. The maximum Gasteiger partial charge on any atom is 0.267 e. The van der Waals surface area contributed by atoms with Gasteiger partial charge in [0.25, 0.3) is 5.91 Å². The molecule has 0 atom stereocenters. The Morgan fingerprint density at radius 1 is 0.882 bits per heavy atom. The van der Waals surface area contributed by atoms with Crippen LogP contribution in [0.1, 0.15) is 9.67 Å². The fourth-order valence-corrected chi connectivity index (χ4v) is 5.06. The second-order valence-corrected chi connectivity index (χ2v) is 8.83. The zero-order valence-corrected chi connectivity index (χ0v) is 18.8. The normalized spacial score (nSPS) is 12.1. The SMILES string of the molecule is Nc1c(C(=O)Nc2ccccc2)sc2nc(-c3ccccc3)cc(-c3ccc4c(c3)OCO4)c12. The van der Waals surface area contributed by atoms with Crippen LogP contribution in [0.15, 0.2) is 84.9 Å². The van der Waals surface area contributed by atoms with E-state index in [1.807, 2.05) is 84.9 Å². The van der Waals surface area contributed by atoms with Gasteiger partial charge in [-0.2, -0.15) is 0 Å². The van der Waals surface area contributed by atoms with E-state index < -0.39 is 0 Å². The number of rotatable bonds is 4. The van der Waals surface area contributed by atoms with E-state index >= 15 is 0 Å². The minimum atomic E-state index is -0.260. The summed E-state index contributed by atoms with van der Waals surface area (Å²) in [7, 11) is 0. The highest BCUT2D eigenvalue weighted by Crippen LogP contribution is 2.44. The van der Waals surface area contributed by atoms with Crippen LogP contribution in [0.3, 0.4) is 0 Å². The molecule has 0 aliphatic carbocycles. The second-order valence-electron chi connectivity index (χ2n) is 7.83. The van der Waals surface area contributed by atoms with Crippen LogP contribution in [-0.4, -0.2) is 17.7 Å². The maximum absolute atomic E-state index is 13.1. The minimum Gasteiger partial charge on any atom is -0.454 e. The molecule has 1 aliphatic heterocycles. The van der Waals surface area contributed by atoms with Crippen molar-refractivity contribution < 1.29 is 14.3 Å². The molecule has 0 unspecified atom stereocenters. The molecule has 1 amide bonds. The van der Waals surface area contributed by atoms with Gasteiger partial charge in [-0.1, -0.05) is 54.6 Å². The summed E-state index contributed by atoms with van der Waals surface area (Å²) in [6.07, 6.45) is 0. The van der Waals surface area contributed by atoms with Crippen molar-refractivity contribution in [2.45, 2.75) is 0 Å². The zero-order valence-electron chi connectivity index (χ0n) is 17.9. The number of carbonyl (C=O) groups excluding carboxylic acids is 1. The van der Waals surface area contributed by atoms with E-state index in [1.54, 1.807) is 0 Å². The Morgan fingerprint density at radius 2 is 1.62 bits per heavy atom. The van der Waals surface area contributed by atoms with E-state index in [1.165, 1.54) is 11.3 Å². The van der Waals surface area contributed by atoms with E-state index in [-0.39, 0.29) is 12.7 Å². The fourth-order valence-electron chi connectivity index (χ4n) is 4.05. The molecule has 0 saturated carbocycles. The van der Waals surface area contributed by atoms with Gasteiger partial charge in [-0.3, -0.25) is 4.79 Å². The summed E-state index contributed by atoms with van der Waals surface area (Å²) in [5, 5.41) is 3.68. The number of hydrogen-bond acceptors (Lipinski definition) is 6. The van der Waals surface area contributed by atoms with Gasteiger partial charge < -0.3 is 20.5 Å². The van der Waals surface area contributed by atoms with Gasteiger partial charge in [0.05, 0.1) is 11.4 Å². The number of amides is 1. The number of pyridine rings is 1. The second kappa shape index (κ2) is 8.20. The lowest BCUT2D eigenvalue weighted by molar-refractivity contribution is 0.103. The minimum absolute atomic E-state index is 0.199. The maximum atomic E-state index is 13.1. The molecule has 3 heterocycles. The summed E-state index contributed by atoms with van der Waals surface area (Å²) in [4.78, 5) is 19.1. The van der Waals surface area contributed by atoms with Crippen molar-refractivity contribution in [1.82, 2.24) is 4.98 Å². The van der Waals surface area contributed by atoms with Gasteiger partial charge in [-0.15, -0.1) is 11.3 Å². The van der Waals surface area contributed by atoms with Crippen LogP contribution in [0, 0.1) is 0 Å². The topological polar surface area (TPSA) is 86.5 Å². The molecule has 0 radical (unpaired) electrons. The Kier molecular flexibility index (Phi) is 4.89. The van der Waals surface area contributed by atoms with Gasteiger partial charge >= 0.3 is 0 Å². The highest BCUT2D eigenvalue weighted by Gasteiger charge is 2.23. The van der Waals surface area contributed by atoms with Crippen molar-refractivity contribution in [3.63, 3.8) is 0 Å². The third kappa shape index (κ3) is 3.52. The number of thiophene rings is 1. The summed E-state index contributed by atoms with van der Waals surface area (Å²) in [6.45, 7) is 0.199. The van der Waals surface area contributed by atoms with Gasteiger partial charge in [-0.25, -0.2) is 4.98 Å². The highest BCUT2D eigenvalue weighted by molar-refractivity contribution is 7.21. The number of benzene rings is 3. The lowest BCUT2D eigenvalue weighted by Crippen LogP contribution is -2.11. The number of carbonyl (C=O) groups is 1. The standard InChI is InChI=1S/C27H19N3O3S/c28-24-23-19(17-11-12-21-22(13-17)33-15-32-21)14-20(16-7-3-1-4-8-16)30-27(23)34-25(24)26(31)29-18-9-5-2-6-10-18/h1-14H,15,28H2,(H,29,31). The number of nitrogens with zero attached hydrogens (tertiary/aromatic N) is 1. The number of anilines is 2. The predicted molar refractivity (Wildman–Crippen MR) is 135 cm³/mol. The molecule has 5 aromatic rings. The van der Waals surface area contributed by atoms with Crippen LogP contribution in [0.2, 0.25) is 0 Å². The van der Waals surface area contributed by atoms with Crippen molar-refractivity contribution in [3.8, 4) is 33.9 Å². The molecular formula is C27H19N3O3S. The quantitative estimate of drug-likeness (QED) is 0.330. The first-order valence-corrected chi connectivity index (χ1v) is 11.5. The number of nitrogens with one attached hydrogen (secondary N) is 1. The summed E-state index contributed by atoms with van der Waals surface area (Å²) in [5.74, 6) is 1.13. The number of aromatic nitrogens is 1. The van der Waals surface area contributed by atoms with Crippen molar-refractivity contribution in [2.24, 2.45) is 0 Å². The van der Waals surface area contributed by atoms with Crippen molar-refractivity contribution in [3.05, 3.63) is 89.8 Å². The van der Waals surface area contributed by atoms with Gasteiger partial charge in [0.1, 0.15) is 9.71 Å². The van der Waals surface area contributed by atoms with Gasteiger partial charge in [0.2, 0.25) is 6.79 Å². The summed E-state index contributed by atoms with van der Waals surface area (Å²) >= 11 is 1.29. The summed E-state index contributed by atoms with van der Waals surface area (Å²) in [5.41, 5.74) is 11.3. The molecule has 0 saturated heterocycles. The molecule has 3 aromatic carbocycles. The lowest BCUT2D eigenvalue weighted by atomic mass is 9.99. The third-order valence-corrected chi connectivity index (χ3v) is 6.79. The molecule has 0 fully saturated rings. The Morgan fingerprint density at radius 3 is 2.41 bits per heavy atom. The number of nitrogens with two attached hydrogens (primary N) is 1. The number of nitrogen functional groups attached to an aromatic ring is 1. The number of hydrogen-bond donors (Lipinski definition) is 2. The molecule has 166 valence electrons. The molecule has 1 aliphatic rings. The first kappa shape index (κ1) is 20.3. The number of ether oxygens (including phenoxy) is 2. The predicted octanol–water partition coefficient (Wildman–Crippen LogP) is 6.19. The Balaban J connectivity index is 1.53. The van der Waals surface area contributed by atoms with E-state index in [9.17, 15) is 4.79 Å². The van der Waals surface area contributed by atoms with E-state index in [0.717, 1.165) is 27.8 Å². The average Bonchev–Trinajstić information content (AvgIpc) is 3.48. The number of fused-ring (bicyclic) bond motifs is 2. The van der Waals surface area contributed by atoms with Gasteiger partial charge in [0, 0.05) is 16.6 Å². The van der Waals surface area contributed by atoms with Crippen LogP contribution in [0.4, 0.5) is 11.4 Å². The molecule has 6 nitrogen and oxygen atoms in total. The smallest absolute Gasteiger partial charge is 0.267 e. The van der Waals surface area contributed by atoms with Gasteiger partial charge in [-0.05, 0) is 41.5 Å².